The molecule has 0 saturated carbocycles. The lowest BCUT2D eigenvalue weighted by Crippen LogP contribution is -2.13. The maximum atomic E-state index is 12.1. The van der Waals surface area contributed by atoms with Gasteiger partial charge in [-0.3, -0.25) is 10.1 Å². The van der Waals surface area contributed by atoms with Gasteiger partial charge in [-0.2, -0.15) is 0 Å². The average Bonchev–Trinajstić information content (AvgIpc) is 2.86. The number of nitrogens with one attached hydrogen (secondary N) is 3. The summed E-state index contributed by atoms with van der Waals surface area (Å²) in [6, 6.07) is 7.34. The number of rotatable bonds is 4. The Morgan fingerprint density at radius 2 is 2.00 bits per heavy atom. The predicted octanol–water partition coefficient (Wildman–Crippen LogP) is 2.48. The minimum Gasteiger partial charge on any atom is -0.387 e. The van der Waals surface area contributed by atoms with Gasteiger partial charge in [0.15, 0.2) is 5.13 Å². The Kier molecular flexibility index (Phi) is 3.78. The van der Waals surface area contributed by atoms with Gasteiger partial charge in [0.05, 0.1) is 11.8 Å². The van der Waals surface area contributed by atoms with Gasteiger partial charge in [0.2, 0.25) is 0 Å². The number of benzene rings is 1. The first-order valence-corrected chi connectivity index (χ1v) is 6.28. The van der Waals surface area contributed by atoms with Crippen molar-refractivity contribution < 1.29 is 4.79 Å². The van der Waals surface area contributed by atoms with E-state index in [9.17, 15) is 4.79 Å². The van der Waals surface area contributed by atoms with E-state index in [4.69, 9.17) is 0 Å². The molecule has 94 valence electrons. The number of amides is 1. The number of nitrogens with zero attached hydrogens (tertiary/aromatic N) is 1. The summed E-state index contributed by atoms with van der Waals surface area (Å²) in [6.45, 7) is 0. The number of anilines is 3. The van der Waals surface area contributed by atoms with E-state index in [1.165, 1.54) is 11.3 Å². The predicted molar refractivity (Wildman–Crippen MR) is 75.6 cm³/mol. The average molecular weight is 262 g/mol. The summed E-state index contributed by atoms with van der Waals surface area (Å²) in [4.78, 5) is 16.2. The van der Waals surface area contributed by atoms with Gasteiger partial charge in [-0.05, 0) is 12.1 Å². The lowest BCUT2D eigenvalue weighted by Gasteiger charge is -2.07. The summed E-state index contributed by atoms with van der Waals surface area (Å²) in [5.41, 5.74) is 1.39. The number of carbonyl (C=O) groups is 1. The standard InChI is InChI=1S/C12H14N4OS/c1-13-9-6-4-3-5-8(9)11(17)16-12-15-7-10(14-2)18-12/h3-7,13-14H,1-2H3,(H,15,16,17). The molecule has 3 N–H and O–H groups in total. The second kappa shape index (κ2) is 5.50. The van der Waals surface area contributed by atoms with Gasteiger partial charge in [0.1, 0.15) is 5.00 Å². The highest BCUT2D eigenvalue weighted by molar-refractivity contribution is 7.19. The third-order valence-electron chi connectivity index (χ3n) is 2.41. The molecular formula is C12H14N4OS. The van der Waals surface area contributed by atoms with Crippen LogP contribution in [0.4, 0.5) is 15.8 Å². The smallest absolute Gasteiger partial charge is 0.259 e. The number of carbonyl (C=O) groups excluding carboxylic acids is 1. The van der Waals surface area contributed by atoms with Crippen LogP contribution in [0.15, 0.2) is 30.5 Å². The number of aromatic nitrogens is 1. The summed E-state index contributed by atoms with van der Waals surface area (Å²) in [7, 11) is 3.60. The fraction of sp³-hybridized carbons (Fsp3) is 0.167. The molecule has 0 aliphatic rings. The highest BCUT2D eigenvalue weighted by atomic mass is 32.1. The minimum atomic E-state index is -0.169. The van der Waals surface area contributed by atoms with Crippen LogP contribution in [-0.4, -0.2) is 25.0 Å². The largest absolute Gasteiger partial charge is 0.387 e. The fourth-order valence-electron chi connectivity index (χ4n) is 1.51. The molecule has 2 aromatic rings. The molecule has 5 nitrogen and oxygen atoms in total. The maximum Gasteiger partial charge on any atom is 0.259 e. The third kappa shape index (κ3) is 2.60. The first-order valence-electron chi connectivity index (χ1n) is 5.46. The number of para-hydroxylation sites is 1. The second-order valence-electron chi connectivity index (χ2n) is 3.53. The first-order chi connectivity index (χ1) is 8.74. The van der Waals surface area contributed by atoms with Crippen molar-refractivity contribution in [2.24, 2.45) is 0 Å². The van der Waals surface area contributed by atoms with Crippen LogP contribution in [0.5, 0.6) is 0 Å². The Labute approximate surface area is 109 Å². The summed E-state index contributed by atoms with van der Waals surface area (Å²) >= 11 is 1.39. The number of hydrogen-bond acceptors (Lipinski definition) is 5. The summed E-state index contributed by atoms with van der Waals surface area (Å²) < 4.78 is 0. The van der Waals surface area contributed by atoms with E-state index in [-0.39, 0.29) is 5.91 Å². The van der Waals surface area contributed by atoms with E-state index in [1.54, 1.807) is 19.3 Å². The summed E-state index contributed by atoms with van der Waals surface area (Å²) in [5, 5.41) is 10.2. The van der Waals surface area contributed by atoms with E-state index in [1.807, 2.05) is 25.2 Å². The van der Waals surface area contributed by atoms with Gasteiger partial charge in [-0.15, -0.1) is 0 Å². The molecule has 0 spiro atoms. The van der Waals surface area contributed by atoms with Crippen LogP contribution < -0.4 is 16.0 Å². The molecule has 0 aliphatic heterocycles. The molecule has 6 heteroatoms. The molecule has 18 heavy (non-hydrogen) atoms. The van der Waals surface area contributed by atoms with E-state index in [0.29, 0.717) is 10.7 Å². The molecule has 1 amide bonds. The van der Waals surface area contributed by atoms with Crippen molar-refractivity contribution in [3.05, 3.63) is 36.0 Å². The Morgan fingerprint density at radius 3 is 2.67 bits per heavy atom. The van der Waals surface area contributed by atoms with Crippen molar-refractivity contribution in [3.8, 4) is 0 Å². The lowest BCUT2D eigenvalue weighted by molar-refractivity contribution is 0.102. The van der Waals surface area contributed by atoms with Gasteiger partial charge in [-0.25, -0.2) is 4.98 Å². The molecular weight excluding hydrogens is 248 g/mol. The third-order valence-corrected chi connectivity index (χ3v) is 3.34. The molecule has 0 radical (unpaired) electrons. The van der Waals surface area contributed by atoms with Gasteiger partial charge in [-0.1, -0.05) is 23.5 Å². The Hall–Kier alpha value is -2.08. The van der Waals surface area contributed by atoms with Crippen LogP contribution >= 0.6 is 11.3 Å². The lowest BCUT2D eigenvalue weighted by atomic mass is 10.1. The topological polar surface area (TPSA) is 66.0 Å². The van der Waals surface area contributed by atoms with Gasteiger partial charge in [0, 0.05) is 19.8 Å². The van der Waals surface area contributed by atoms with E-state index < -0.39 is 0 Å². The molecule has 0 aliphatic carbocycles. The molecule has 0 bridgehead atoms. The van der Waals surface area contributed by atoms with Gasteiger partial charge < -0.3 is 10.6 Å². The van der Waals surface area contributed by atoms with Crippen molar-refractivity contribution in [3.63, 3.8) is 0 Å². The molecule has 0 saturated heterocycles. The monoisotopic (exact) mass is 262 g/mol. The molecule has 1 aromatic heterocycles. The van der Waals surface area contributed by atoms with Crippen LogP contribution in [0.3, 0.4) is 0 Å². The molecule has 0 atom stereocenters. The minimum absolute atomic E-state index is 0.169. The van der Waals surface area contributed by atoms with Gasteiger partial charge in [0.25, 0.3) is 5.91 Å². The molecule has 1 aromatic carbocycles. The van der Waals surface area contributed by atoms with E-state index in [0.717, 1.165) is 10.7 Å². The van der Waals surface area contributed by atoms with Crippen molar-refractivity contribution in [2.75, 3.05) is 30.0 Å². The van der Waals surface area contributed by atoms with Crippen LogP contribution in [-0.2, 0) is 0 Å². The molecule has 1 heterocycles. The number of thiazole rings is 1. The van der Waals surface area contributed by atoms with Crippen molar-refractivity contribution in [2.45, 2.75) is 0 Å². The highest BCUT2D eigenvalue weighted by Gasteiger charge is 2.11. The van der Waals surface area contributed by atoms with Crippen molar-refractivity contribution >= 4 is 33.1 Å². The SMILES string of the molecule is CNc1cnc(NC(=O)c2ccccc2NC)s1. The Balaban J connectivity index is 2.16. The van der Waals surface area contributed by atoms with Crippen molar-refractivity contribution in [1.82, 2.24) is 4.98 Å². The van der Waals surface area contributed by atoms with Gasteiger partial charge >= 0.3 is 0 Å². The quantitative estimate of drug-likeness (QED) is 0.792. The van der Waals surface area contributed by atoms with Crippen LogP contribution in [0.25, 0.3) is 0 Å². The molecule has 2 rings (SSSR count). The summed E-state index contributed by atoms with van der Waals surface area (Å²) in [6.07, 6.45) is 1.68. The first kappa shape index (κ1) is 12.4. The van der Waals surface area contributed by atoms with E-state index in [2.05, 4.69) is 20.9 Å². The van der Waals surface area contributed by atoms with Crippen molar-refractivity contribution in [1.29, 1.82) is 0 Å². The Bertz CT molecular complexity index is 553. The normalized spacial score (nSPS) is 9.89. The van der Waals surface area contributed by atoms with Crippen LogP contribution in [0, 0.1) is 0 Å². The zero-order valence-corrected chi connectivity index (χ0v) is 11.0. The van der Waals surface area contributed by atoms with E-state index >= 15 is 0 Å². The molecule has 0 unspecified atom stereocenters. The van der Waals surface area contributed by atoms with Crippen LogP contribution in [0.2, 0.25) is 0 Å². The molecule has 0 fully saturated rings. The second-order valence-corrected chi connectivity index (χ2v) is 4.56. The van der Waals surface area contributed by atoms with Crippen LogP contribution in [0.1, 0.15) is 10.4 Å². The Morgan fingerprint density at radius 1 is 1.22 bits per heavy atom. The summed E-state index contributed by atoms with van der Waals surface area (Å²) in [5.74, 6) is -0.169. The zero-order chi connectivity index (χ0) is 13.0. The zero-order valence-electron chi connectivity index (χ0n) is 10.2. The number of hydrogen-bond donors (Lipinski definition) is 3. The maximum absolute atomic E-state index is 12.1. The fourth-order valence-corrected chi connectivity index (χ4v) is 2.18. The highest BCUT2D eigenvalue weighted by Crippen LogP contribution is 2.23.